The minimum absolute atomic E-state index is 0. The number of amides is 3. The normalized spacial score (nSPS) is 12.7. The van der Waals surface area contributed by atoms with Crippen LogP contribution in [-0.4, -0.2) is 24.5 Å². The van der Waals surface area contributed by atoms with Gasteiger partial charge in [0.2, 0.25) is 5.91 Å². The molecular formula is C18H25ClN4O2. The number of nitrogens with two attached hydrogens (primary N) is 2. The maximum Gasteiger partial charge on any atom is 0.312 e. The lowest BCUT2D eigenvalue weighted by Gasteiger charge is -2.22. The molecule has 0 fully saturated rings. The van der Waals surface area contributed by atoms with Gasteiger partial charge in [-0.2, -0.15) is 0 Å². The number of halogens is 1. The predicted octanol–water partition coefficient (Wildman–Crippen LogP) is 2.21. The number of hydrogen-bond acceptors (Lipinski definition) is 3. The van der Waals surface area contributed by atoms with Gasteiger partial charge in [0.15, 0.2) is 0 Å². The molecule has 1 unspecified atom stereocenters. The third-order valence-electron chi connectivity index (χ3n) is 3.94. The maximum absolute atomic E-state index is 12.4. The molecule has 2 atom stereocenters. The highest BCUT2D eigenvalue weighted by atomic mass is 35.5. The van der Waals surface area contributed by atoms with Crippen molar-refractivity contribution in [3.63, 3.8) is 0 Å². The highest BCUT2D eigenvalue weighted by Gasteiger charge is 2.22. The van der Waals surface area contributed by atoms with Crippen molar-refractivity contribution in [3.8, 4) is 0 Å². The first kappa shape index (κ1) is 20.7. The number of carbonyl (C=O) groups is 2. The van der Waals surface area contributed by atoms with Crippen LogP contribution in [0.1, 0.15) is 31.4 Å². The second kappa shape index (κ2) is 9.86. The van der Waals surface area contributed by atoms with Crippen LogP contribution >= 0.6 is 12.4 Å². The van der Waals surface area contributed by atoms with Crippen LogP contribution in [0.25, 0.3) is 10.8 Å². The summed E-state index contributed by atoms with van der Waals surface area (Å²) in [5.41, 5.74) is 11.9. The number of benzene rings is 2. The molecule has 0 heterocycles. The maximum atomic E-state index is 12.4. The average molecular weight is 365 g/mol. The van der Waals surface area contributed by atoms with Crippen LogP contribution in [0.3, 0.4) is 0 Å². The number of fused-ring (bicyclic) bond motifs is 1. The Balaban J connectivity index is 0.00000312. The van der Waals surface area contributed by atoms with E-state index in [0.29, 0.717) is 6.42 Å². The molecule has 2 rings (SSSR count). The van der Waals surface area contributed by atoms with Gasteiger partial charge in [-0.15, -0.1) is 12.4 Å². The summed E-state index contributed by atoms with van der Waals surface area (Å²) in [5.74, 6) is -0.278. The first-order valence-electron chi connectivity index (χ1n) is 8.10. The minimum Gasteiger partial charge on any atom is -0.352 e. The second-order valence-electron chi connectivity index (χ2n) is 5.75. The van der Waals surface area contributed by atoms with E-state index < -0.39 is 12.1 Å². The van der Waals surface area contributed by atoms with Gasteiger partial charge < -0.3 is 22.1 Å². The number of carbonyl (C=O) groups excluding carboxylic acids is 2. The standard InChI is InChI=1S/C18H24N4O2.ClH/c1-2-5-15(22-18(20)24)17(23)21-16(11-19)14-9-8-12-6-3-4-7-13(12)10-14;/h3-4,6-10,15-16H,2,5,11,19H2,1H3,(H,21,23)(H3,20,22,24);1H/t15-,16?;/m1./s1. The summed E-state index contributed by atoms with van der Waals surface area (Å²) in [5, 5.41) is 7.59. The van der Waals surface area contributed by atoms with Crippen LogP contribution in [-0.2, 0) is 4.79 Å². The lowest BCUT2D eigenvalue weighted by Crippen LogP contribution is -2.50. The van der Waals surface area contributed by atoms with E-state index in [1.54, 1.807) is 0 Å². The molecule has 0 aliphatic carbocycles. The van der Waals surface area contributed by atoms with Gasteiger partial charge in [0.05, 0.1) is 6.04 Å². The molecule has 0 radical (unpaired) electrons. The van der Waals surface area contributed by atoms with E-state index in [4.69, 9.17) is 11.5 Å². The highest BCUT2D eigenvalue weighted by Crippen LogP contribution is 2.20. The first-order valence-corrected chi connectivity index (χ1v) is 8.10. The molecule has 136 valence electrons. The van der Waals surface area contributed by atoms with Crippen molar-refractivity contribution in [2.45, 2.75) is 31.8 Å². The number of nitrogens with one attached hydrogen (secondary N) is 2. The van der Waals surface area contributed by atoms with E-state index in [0.717, 1.165) is 22.8 Å². The minimum atomic E-state index is -0.710. The lowest BCUT2D eigenvalue weighted by molar-refractivity contribution is -0.123. The molecule has 6 N–H and O–H groups in total. The molecular weight excluding hydrogens is 340 g/mol. The van der Waals surface area contributed by atoms with E-state index in [1.807, 2.05) is 49.4 Å². The summed E-state index contributed by atoms with van der Waals surface area (Å²) in [7, 11) is 0. The van der Waals surface area contributed by atoms with Crippen LogP contribution in [0.5, 0.6) is 0 Å². The molecule has 25 heavy (non-hydrogen) atoms. The van der Waals surface area contributed by atoms with E-state index in [9.17, 15) is 9.59 Å². The van der Waals surface area contributed by atoms with E-state index in [2.05, 4.69) is 10.6 Å². The topological polar surface area (TPSA) is 110 Å². The van der Waals surface area contributed by atoms with Crippen molar-refractivity contribution in [2.24, 2.45) is 11.5 Å². The molecule has 0 aliphatic heterocycles. The van der Waals surface area contributed by atoms with Gasteiger partial charge in [-0.25, -0.2) is 4.79 Å². The van der Waals surface area contributed by atoms with Gasteiger partial charge in [0, 0.05) is 6.54 Å². The number of hydrogen-bond donors (Lipinski definition) is 4. The zero-order chi connectivity index (χ0) is 17.5. The van der Waals surface area contributed by atoms with Crippen molar-refractivity contribution in [3.05, 3.63) is 48.0 Å². The fourth-order valence-electron chi connectivity index (χ4n) is 2.70. The Morgan fingerprint density at radius 1 is 1.08 bits per heavy atom. The Kier molecular flexibility index (Phi) is 8.18. The fourth-order valence-corrected chi connectivity index (χ4v) is 2.70. The smallest absolute Gasteiger partial charge is 0.312 e. The molecule has 0 aromatic heterocycles. The van der Waals surface area contributed by atoms with Crippen LogP contribution in [0.2, 0.25) is 0 Å². The summed E-state index contributed by atoms with van der Waals surface area (Å²) in [6, 6.07) is 12.3. The Morgan fingerprint density at radius 2 is 1.76 bits per heavy atom. The Morgan fingerprint density at radius 3 is 2.36 bits per heavy atom. The van der Waals surface area contributed by atoms with Gasteiger partial charge in [0.25, 0.3) is 0 Å². The number of primary amides is 1. The van der Waals surface area contributed by atoms with Crippen LogP contribution in [0.15, 0.2) is 42.5 Å². The lowest BCUT2D eigenvalue weighted by atomic mass is 10.0. The summed E-state index contributed by atoms with van der Waals surface area (Å²) < 4.78 is 0. The van der Waals surface area contributed by atoms with Crippen molar-refractivity contribution in [2.75, 3.05) is 6.54 Å². The molecule has 0 bridgehead atoms. The molecule has 0 saturated heterocycles. The fraction of sp³-hybridized carbons (Fsp3) is 0.333. The molecule has 2 aromatic rings. The Bertz CT molecular complexity index is 723. The van der Waals surface area contributed by atoms with Crippen molar-refractivity contribution < 1.29 is 9.59 Å². The van der Waals surface area contributed by atoms with Crippen molar-refractivity contribution in [1.82, 2.24) is 10.6 Å². The third kappa shape index (κ3) is 5.62. The van der Waals surface area contributed by atoms with E-state index >= 15 is 0 Å². The SMILES string of the molecule is CCC[C@@H](NC(N)=O)C(=O)NC(CN)c1ccc2ccccc2c1.Cl. The largest absolute Gasteiger partial charge is 0.352 e. The number of rotatable bonds is 7. The van der Waals surface area contributed by atoms with Gasteiger partial charge >= 0.3 is 6.03 Å². The molecule has 2 aromatic carbocycles. The summed E-state index contributed by atoms with van der Waals surface area (Å²) in [4.78, 5) is 23.5. The third-order valence-corrected chi connectivity index (χ3v) is 3.94. The quantitative estimate of drug-likeness (QED) is 0.604. The molecule has 0 saturated carbocycles. The summed E-state index contributed by atoms with van der Waals surface area (Å²) in [6.45, 7) is 2.20. The van der Waals surface area contributed by atoms with Gasteiger partial charge in [-0.05, 0) is 28.8 Å². The van der Waals surface area contributed by atoms with Crippen LogP contribution in [0.4, 0.5) is 4.79 Å². The molecule has 6 nitrogen and oxygen atoms in total. The van der Waals surface area contributed by atoms with Crippen LogP contribution < -0.4 is 22.1 Å². The average Bonchev–Trinajstić information content (AvgIpc) is 2.58. The zero-order valence-electron chi connectivity index (χ0n) is 14.2. The first-order chi connectivity index (χ1) is 11.5. The van der Waals surface area contributed by atoms with Gasteiger partial charge in [-0.1, -0.05) is 49.7 Å². The zero-order valence-corrected chi connectivity index (χ0v) is 15.0. The highest BCUT2D eigenvalue weighted by molar-refractivity contribution is 5.87. The predicted molar refractivity (Wildman–Crippen MR) is 103 cm³/mol. The van der Waals surface area contributed by atoms with E-state index in [1.165, 1.54) is 0 Å². The monoisotopic (exact) mass is 364 g/mol. The second-order valence-corrected chi connectivity index (χ2v) is 5.75. The summed E-state index contributed by atoms with van der Waals surface area (Å²) >= 11 is 0. The molecule has 0 aliphatic rings. The van der Waals surface area contributed by atoms with Crippen molar-refractivity contribution in [1.29, 1.82) is 0 Å². The van der Waals surface area contributed by atoms with E-state index in [-0.39, 0.29) is 30.9 Å². The van der Waals surface area contributed by atoms with Gasteiger partial charge in [0.1, 0.15) is 6.04 Å². The van der Waals surface area contributed by atoms with Gasteiger partial charge in [-0.3, -0.25) is 4.79 Å². The molecule has 0 spiro atoms. The van der Waals surface area contributed by atoms with Crippen LogP contribution in [0, 0.1) is 0 Å². The molecule has 7 heteroatoms. The Labute approximate surface area is 153 Å². The Hall–Kier alpha value is -2.31. The van der Waals surface area contributed by atoms with Crippen molar-refractivity contribution >= 4 is 35.1 Å². The molecule has 3 amide bonds. The summed E-state index contributed by atoms with van der Waals surface area (Å²) in [6.07, 6.45) is 1.27. The number of urea groups is 1.